The molecule has 0 fully saturated rings. The molecule has 2 heterocycles. The molecule has 1 amide bonds. The lowest BCUT2D eigenvalue weighted by molar-refractivity contribution is 0.102. The number of aryl methyl sites for hydroxylation is 2. The van der Waals surface area contributed by atoms with E-state index in [1.54, 1.807) is 13.0 Å². The van der Waals surface area contributed by atoms with E-state index in [9.17, 15) is 4.79 Å². The van der Waals surface area contributed by atoms with Crippen LogP contribution in [0.25, 0.3) is 0 Å². The number of hydrogen-bond donors (Lipinski definition) is 1. The van der Waals surface area contributed by atoms with Gasteiger partial charge in [-0.05, 0) is 27.9 Å². The molecular weight excluding hydrogens is 264 g/mol. The van der Waals surface area contributed by atoms with Gasteiger partial charge in [-0.2, -0.15) is 0 Å². The quantitative estimate of drug-likeness (QED) is 0.928. The Hall–Kier alpha value is -1.73. The van der Waals surface area contributed by atoms with E-state index in [4.69, 9.17) is 4.52 Å². The van der Waals surface area contributed by atoms with Gasteiger partial charge in [0.15, 0.2) is 5.82 Å². The van der Waals surface area contributed by atoms with Crippen molar-refractivity contribution in [2.45, 2.75) is 20.4 Å². The number of aromatic nitrogens is 2. The zero-order chi connectivity index (χ0) is 14.0. The third-order valence-corrected chi connectivity index (χ3v) is 3.51. The Morgan fingerprint density at radius 2 is 2.21 bits per heavy atom. The summed E-state index contributed by atoms with van der Waals surface area (Å²) in [6.07, 6.45) is 0. The molecule has 19 heavy (non-hydrogen) atoms. The predicted molar refractivity (Wildman–Crippen MR) is 73.4 cm³/mol. The van der Waals surface area contributed by atoms with E-state index in [0.717, 1.165) is 17.2 Å². The molecule has 0 saturated heterocycles. The van der Waals surface area contributed by atoms with Gasteiger partial charge in [0.1, 0.15) is 15.6 Å². The summed E-state index contributed by atoms with van der Waals surface area (Å²) in [6, 6.07) is 1.68. The van der Waals surface area contributed by atoms with Gasteiger partial charge >= 0.3 is 0 Å². The van der Waals surface area contributed by atoms with Crippen LogP contribution in [0.2, 0.25) is 0 Å². The number of carbonyl (C=O) groups excluding carboxylic acids is 1. The molecule has 0 aliphatic rings. The second kappa shape index (κ2) is 5.50. The first-order valence-electron chi connectivity index (χ1n) is 5.81. The van der Waals surface area contributed by atoms with Gasteiger partial charge in [0, 0.05) is 12.6 Å². The molecule has 7 heteroatoms. The highest BCUT2D eigenvalue weighted by atomic mass is 32.1. The maximum absolute atomic E-state index is 12.1. The molecule has 2 aromatic rings. The van der Waals surface area contributed by atoms with Crippen LogP contribution in [0.5, 0.6) is 0 Å². The first kappa shape index (κ1) is 13.7. The highest BCUT2D eigenvalue weighted by molar-refractivity contribution is 7.13. The van der Waals surface area contributed by atoms with Gasteiger partial charge in [-0.3, -0.25) is 4.79 Å². The fourth-order valence-electron chi connectivity index (χ4n) is 1.60. The molecule has 0 saturated carbocycles. The maximum Gasteiger partial charge on any atom is 0.268 e. The Kier molecular flexibility index (Phi) is 3.96. The standard InChI is InChI=1S/C12H16N4O2S/c1-7-5-9(15-18-7)14-12(17)11-8(2)13-10(19-11)6-16(3)4/h5H,6H2,1-4H3,(H,14,15,17). The second-order valence-electron chi connectivity index (χ2n) is 4.54. The smallest absolute Gasteiger partial charge is 0.268 e. The van der Waals surface area contributed by atoms with Crippen molar-refractivity contribution in [2.75, 3.05) is 19.4 Å². The van der Waals surface area contributed by atoms with Gasteiger partial charge < -0.3 is 14.7 Å². The van der Waals surface area contributed by atoms with Crippen molar-refractivity contribution in [2.24, 2.45) is 0 Å². The number of nitrogens with one attached hydrogen (secondary N) is 1. The Morgan fingerprint density at radius 1 is 1.47 bits per heavy atom. The minimum absolute atomic E-state index is 0.201. The fourth-order valence-corrected chi connectivity index (χ4v) is 2.68. The molecule has 0 atom stereocenters. The number of amides is 1. The summed E-state index contributed by atoms with van der Waals surface area (Å²) in [5.74, 6) is 0.877. The average Bonchev–Trinajstić information content (AvgIpc) is 2.84. The summed E-state index contributed by atoms with van der Waals surface area (Å²) < 4.78 is 4.91. The first-order valence-corrected chi connectivity index (χ1v) is 6.63. The van der Waals surface area contributed by atoms with Crippen LogP contribution in [0.3, 0.4) is 0 Å². The van der Waals surface area contributed by atoms with Crippen LogP contribution in [-0.2, 0) is 6.54 Å². The van der Waals surface area contributed by atoms with Crippen molar-refractivity contribution in [3.8, 4) is 0 Å². The normalized spacial score (nSPS) is 11.0. The molecule has 0 radical (unpaired) electrons. The molecule has 102 valence electrons. The number of anilines is 1. The Labute approximate surface area is 115 Å². The summed E-state index contributed by atoms with van der Waals surface area (Å²) in [7, 11) is 3.93. The van der Waals surface area contributed by atoms with Crippen molar-refractivity contribution in [3.63, 3.8) is 0 Å². The average molecular weight is 280 g/mol. The number of thiazole rings is 1. The molecule has 0 aliphatic carbocycles. The molecule has 0 bridgehead atoms. The minimum Gasteiger partial charge on any atom is -0.360 e. The van der Waals surface area contributed by atoms with Crippen molar-refractivity contribution < 1.29 is 9.32 Å². The largest absolute Gasteiger partial charge is 0.360 e. The molecule has 0 unspecified atom stereocenters. The van der Waals surface area contributed by atoms with Crippen molar-refractivity contribution in [3.05, 3.63) is 27.4 Å². The lowest BCUT2D eigenvalue weighted by atomic mass is 10.3. The van der Waals surface area contributed by atoms with Crippen LogP contribution in [0.1, 0.15) is 26.1 Å². The molecule has 0 spiro atoms. The van der Waals surface area contributed by atoms with Crippen LogP contribution in [0, 0.1) is 13.8 Å². The highest BCUT2D eigenvalue weighted by Crippen LogP contribution is 2.20. The lowest BCUT2D eigenvalue weighted by Crippen LogP contribution is -2.11. The van der Waals surface area contributed by atoms with Crippen LogP contribution in [-0.4, -0.2) is 35.0 Å². The van der Waals surface area contributed by atoms with Gasteiger partial charge in [0.2, 0.25) is 0 Å². The summed E-state index contributed by atoms with van der Waals surface area (Å²) in [4.78, 5) is 19.1. The summed E-state index contributed by atoms with van der Waals surface area (Å²) in [6.45, 7) is 4.33. The highest BCUT2D eigenvalue weighted by Gasteiger charge is 2.16. The molecule has 6 nitrogen and oxygen atoms in total. The Morgan fingerprint density at radius 3 is 2.79 bits per heavy atom. The van der Waals surface area contributed by atoms with Gasteiger partial charge in [0.25, 0.3) is 5.91 Å². The Bertz CT molecular complexity index is 588. The minimum atomic E-state index is -0.201. The first-order chi connectivity index (χ1) is 8.95. The zero-order valence-corrected chi connectivity index (χ0v) is 12.2. The lowest BCUT2D eigenvalue weighted by Gasteiger charge is -2.04. The molecule has 0 aliphatic heterocycles. The van der Waals surface area contributed by atoms with E-state index in [1.165, 1.54) is 11.3 Å². The van der Waals surface area contributed by atoms with Gasteiger partial charge in [-0.25, -0.2) is 4.98 Å². The van der Waals surface area contributed by atoms with E-state index < -0.39 is 0 Å². The number of carbonyl (C=O) groups is 1. The van der Waals surface area contributed by atoms with E-state index in [1.807, 2.05) is 25.9 Å². The van der Waals surface area contributed by atoms with Crippen LogP contribution in [0.4, 0.5) is 5.82 Å². The third-order valence-electron chi connectivity index (χ3n) is 2.37. The third kappa shape index (κ3) is 3.39. The zero-order valence-electron chi connectivity index (χ0n) is 11.4. The number of rotatable bonds is 4. The van der Waals surface area contributed by atoms with E-state index in [-0.39, 0.29) is 5.91 Å². The molecular formula is C12H16N4O2S. The molecule has 1 N–H and O–H groups in total. The van der Waals surface area contributed by atoms with Gasteiger partial charge in [-0.15, -0.1) is 11.3 Å². The van der Waals surface area contributed by atoms with E-state index >= 15 is 0 Å². The summed E-state index contributed by atoms with van der Waals surface area (Å²) in [5, 5.41) is 7.36. The van der Waals surface area contributed by atoms with Crippen LogP contribution >= 0.6 is 11.3 Å². The summed E-state index contributed by atoms with van der Waals surface area (Å²) >= 11 is 1.40. The molecule has 0 aromatic carbocycles. The number of nitrogens with zero attached hydrogens (tertiary/aromatic N) is 3. The fraction of sp³-hybridized carbons (Fsp3) is 0.417. The number of hydrogen-bond acceptors (Lipinski definition) is 6. The van der Waals surface area contributed by atoms with E-state index in [0.29, 0.717) is 16.5 Å². The van der Waals surface area contributed by atoms with Crippen molar-refractivity contribution in [1.29, 1.82) is 0 Å². The van der Waals surface area contributed by atoms with Crippen molar-refractivity contribution >= 4 is 23.1 Å². The topological polar surface area (TPSA) is 71.3 Å². The second-order valence-corrected chi connectivity index (χ2v) is 5.62. The SMILES string of the molecule is Cc1cc(NC(=O)c2sc(CN(C)C)nc2C)no1. The summed E-state index contributed by atoms with van der Waals surface area (Å²) in [5.41, 5.74) is 0.736. The Balaban J connectivity index is 2.12. The van der Waals surface area contributed by atoms with Gasteiger partial charge in [-0.1, -0.05) is 5.16 Å². The van der Waals surface area contributed by atoms with E-state index in [2.05, 4.69) is 15.5 Å². The van der Waals surface area contributed by atoms with Crippen LogP contribution in [0.15, 0.2) is 10.6 Å². The van der Waals surface area contributed by atoms with Crippen molar-refractivity contribution in [1.82, 2.24) is 15.0 Å². The maximum atomic E-state index is 12.1. The molecule has 2 rings (SSSR count). The van der Waals surface area contributed by atoms with Crippen LogP contribution < -0.4 is 5.32 Å². The predicted octanol–water partition coefficient (Wildman–Crippen LogP) is 2.06. The molecule has 2 aromatic heterocycles. The monoisotopic (exact) mass is 280 g/mol. The van der Waals surface area contributed by atoms with Gasteiger partial charge in [0.05, 0.1) is 5.69 Å².